The first-order valence-electron chi connectivity index (χ1n) is 6.88. The van der Waals surface area contributed by atoms with Gasteiger partial charge in [0.05, 0.1) is 6.61 Å². The minimum atomic E-state index is 0.511. The minimum absolute atomic E-state index is 0.511. The van der Waals surface area contributed by atoms with Gasteiger partial charge in [-0.25, -0.2) is 15.0 Å². The molecule has 106 valence electrons. The van der Waals surface area contributed by atoms with Gasteiger partial charge in [-0.3, -0.25) is 0 Å². The number of piperidine rings is 1. The highest BCUT2D eigenvalue weighted by atomic mass is 32.1. The third-order valence-electron chi connectivity index (χ3n) is 3.44. The van der Waals surface area contributed by atoms with Crippen molar-refractivity contribution in [2.24, 2.45) is 5.92 Å². The summed E-state index contributed by atoms with van der Waals surface area (Å²) in [7, 11) is 0. The summed E-state index contributed by atoms with van der Waals surface area (Å²) in [4.78, 5) is 15.3. The predicted octanol–water partition coefficient (Wildman–Crippen LogP) is 2.54. The zero-order chi connectivity index (χ0) is 13.8. The second kappa shape index (κ2) is 6.17. The maximum absolute atomic E-state index is 5.73. The van der Waals surface area contributed by atoms with Crippen LogP contribution in [-0.4, -0.2) is 34.6 Å². The Morgan fingerprint density at radius 2 is 2.35 bits per heavy atom. The number of aryl methyl sites for hydroxylation is 1. The zero-order valence-corrected chi connectivity index (χ0v) is 12.3. The second-order valence-electron chi connectivity index (χ2n) is 5.06. The first-order valence-corrected chi connectivity index (χ1v) is 7.76. The minimum Gasteiger partial charge on any atom is -0.470 e. The molecule has 2 aromatic heterocycles. The van der Waals surface area contributed by atoms with Crippen LogP contribution < -0.4 is 9.64 Å². The molecule has 1 saturated heterocycles. The van der Waals surface area contributed by atoms with Gasteiger partial charge in [0.1, 0.15) is 0 Å². The predicted molar refractivity (Wildman–Crippen MR) is 79.3 cm³/mol. The molecule has 0 saturated carbocycles. The molecule has 1 aliphatic rings. The molecule has 1 aliphatic heterocycles. The Morgan fingerprint density at radius 1 is 1.40 bits per heavy atom. The van der Waals surface area contributed by atoms with Crippen LogP contribution >= 0.6 is 11.3 Å². The average Bonchev–Trinajstić information content (AvgIpc) is 2.99. The summed E-state index contributed by atoms with van der Waals surface area (Å²) in [5.74, 6) is 1.35. The fourth-order valence-electron chi connectivity index (χ4n) is 2.44. The zero-order valence-electron chi connectivity index (χ0n) is 11.5. The van der Waals surface area contributed by atoms with E-state index in [0.717, 1.165) is 43.0 Å². The van der Waals surface area contributed by atoms with Gasteiger partial charge in [0.2, 0.25) is 5.95 Å². The van der Waals surface area contributed by atoms with Crippen LogP contribution in [0.5, 0.6) is 5.19 Å². The Hall–Kier alpha value is -1.69. The van der Waals surface area contributed by atoms with Crippen molar-refractivity contribution >= 4 is 17.3 Å². The van der Waals surface area contributed by atoms with Gasteiger partial charge in [-0.1, -0.05) is 11.3 Å². The van der Waals surface area contributed by atoms with Crippen LogP contribution in [0.4, 0.5) is 5.95 Å². The van der Waals surface area contributed by atoms with Gasteiger partial charge in [0.25, 0.3) is 5.19 Å². The molecule has 6 heteroatoms. The SMILES string of the molecule is Cc1ccnc(N2CCCC(COc3nccs3)C2)n1. The Kier molecular flexibility index (Phi) is 4.11. The van der Waals surface area contributed by atoms with Crippen LogP contribution in [0.15, 0.2) is 23.8 Å². The maximum Gasteiger partial charge on any atom is 0.273 e. The van der Waals surface area contributed by atoms with Crippen molar-refractivity contribution in [2.75, 3.05) is 24.6 Å². The molecule has 3 rings (SSSR count). The van der Waals surface area contributed by atoms with E-state index >= 15 is 0 Å². The van der Waals surface area contributed by atoms with Gasteiger partial charge in [0, 0.05) is 42.5 Å². The van der Waals surface area contributed by atoms with E-state index in [0.29, 0.717) is 5.92 Å². The van der Waals surface area contributed by atoms with Crippen LogP contribution in [0, 0.1) is 12.8 Å². The third kappa shape index (κ3) is 3.25. The number of hydrogen-bond donors (Lipinski definition) is 0. The number of ether oxygens (including phenoxy) is 1. The first-order chi connectivity index (χ1) is 9.81. The Labute approximate surface area is 122 Å². The van der Waals surface area contributed by atoms with Crippen LogP contribution in [0.1, 0.15) is 18.5 Å². The van der Waals surface area contributed by atoms with E-state index < -0.39 is 0 Å². The highest BCUT2D eigenvalue weighted by Crippen LogP contribution is 2.22. The van der Waals surface area contributed by atoms with Crippen LogP contribution in [0.25, 0.3) is 0 Å². The van der Waals surface area contributed by atoms with Gasteiger partial charge in [-0.2, -0.15) is 0 Å². The molecule has 0 amide bonds. The van der Waals surface area contributed by atoms with Crippen molar-refractivity contribution in [2.45, 2.75) is 19.8 Å². The molecule has 1 atom stereocenters. The van der Waals surface area contributed by atoms with Crippen molar-refractivity contribution in [3.05, 3.63) is 29.5 Å². The van der Waals surface area contributed by atoms with Gasteiger partial charge in [-0.15, -0.1) is 0 Å². The fraction of sp³-hybridized carbons (Fsp3) is 0.500. The second-order valence-corrected chi connectivity index (χ2v) is 5.92. The van der Waals surface area contributed by atoms with E-state index in [2.05, 4.69) is 19.9 Å². The van der Waals surface area contributed by atoms with Crippen molar-refractivity contribution in [1.82, 2.24) is 15.0 Å². The van der Waals surface area contributed by atoms with E-state index in [1.165, 1.54) is 17.8 Å². The topological polar surface area (TPSA) is 51.1 Å². The molecule has 1 unspecified atom stereocenters. The maximum atomic E-state index is 5.73. The van der Waals surface area contributed by atoms with Crippen molar-refractivity contribution in [1.29, 1.82) is 0 Å². The number of hydrogen-bond acceptors (Lipinski definition) is 6. The number of aromatic nitrogens is 3. The molecule has 0 aromatic carbocycles. The Bertz CT molecular complexity index is 546. The Morgan fingerprint density at radius 3 is 3.15 bits per heavy atom. The summed E-state index contributed by atoms with van der Waals surface area (Å²) in [5.41, 5.74) is 1.01. The molecule has 0 bridgehead atoms. The molecule has 3 heterocycles. The monoisotopic (exact) mass is 290 g/mol. The summed E-state index contributed by atoms with van der Waals surface area (Å²) in [6, 6.07) is 1.93. The van der Waals surface area contributed by atoms with Crippen molar-refractivity contribution in [3.63, 3.8) is 0 Å². The summed E-state index contributed by atoms with van der Waals surface area (Å²) in [6.07, 6.45) is 5.94. The summed E-state index contributed by atoms with van der Waals surface area (Å²) in [5, 5.41) is 2.69. The number of rotatable bonds is 4. The first kappa shape index (κ1) is 13.3. The van der Waals surface area contributed by atoms with E-state index in [-0.39, 0.29) is 0 Å². The summed E-state index contributed by atoms with van der Waals surface area (Å²) >= 11 is 1.54. The van der Waals surface area contributed by atoms with E-state index in [1.807, 2.05) is 24.6 Å². The molecule has 0 aliphatic carbocycles. The fourth-order valence-corrected chi connectivity index (χ4v) is 2.94. The van der Waals surface area contributed by atoms with E-state index in [1.54, 1.807) is 6.20 Å². The highest BCUT2D eigenvalue weighted by molar-refractivity contribution is 7.11. The van der Waals surface area contributed by atoms with Gasteiger partial charge < -0.3 is 9.64 Å². The molecule has 0 spiro atoms. The van der Waals surface area contributed by atoms with Crippen LogP contribution in [0.2, 0.25) is 0 Å². The standard InChI is InChI=1S/C14H18N4OS/c1-11-4-5-15-13(17-11)18-7-2-3-12(9-18)10-19-14-16-6-8-20-14/h4-6,8,12H,2-3,7,9-10H2,1H3. The van der Waals surface area contributed by atoms with Gasteiger partial charge in [0.15, 0.2) is 0 Å². The van der Waals surface area contributed by atoms with E-state index in [9.17, 15) is 0 Å². The van der Waals surface area contributed by atoms with Gasteiger partial charge in [-0.05, 0) is 25.8 Å². The smallest absolute Gasteiger partial charge is 0.273 e. The molecule has 1 fully saturated rings. The third-order valence-corrected chi connectivity index (χ3v) is 4.12. The Balaban J connectivity index is 1.59. The van der Waals surface area contributed by atoms with Crippen molar-refractivity contribution in [3.8, 4) is 5.19 Å². The lowest BCUT2D eigenvalue weighted by atomic mass is 9.99. The highest BCUT2D eigenvalue weighted by Gasteiger charge is 2.22. The molecule has 2 aromatic rings. The lowest BCUT2D eigenvalue weighted by Gasteiger charge is -2.32. The molecule has 0 radical (unpaired) electrons. The lowest BCUT2D eigenvalue weighted by molar-refractivity contribution is 0.227. The van der Waals surface area contributed by atoms with Crippen molar-refractivity contribution < 1.29 is 4.74 Å². The normalized spacial score (nSPS) is 19.1. The summed E-state index contributed by atoms with van der Waals surface area (Å²) < 4.78 is 5.73. The number of nitrogens with zero attached hydrogens (tertiary/aromatic N) is 4. The van der Waals surface area contributed by atoms with Crippen LogP contribution in [0.3, 0.4) is 0 Å². The molecule has 0 N–H and O–H groups in total. The lowest BCUT2D eigenvalue weighted by Crippen LogP contribution is -2.38. The molecular weight excluding hydrogens is 272 g/mol. The largest absolute Gasteiger partial charge is 0.470 e. The number of thiazole rings is 1. The average molecular weight is 290 g/mol. The molecule has 20 heavy (non-hydrogen) atoms. The van der Waals surface area contributed by atoms with E-state index in [4.69, 9.17) is 4.74 Å². The molecule has 5 nitrogen and oxygen atoms in total. The van der Waals surface area contributed by atoms with Gasteiger partial charge >= 0.3 is 0 Å². The number of anilines is 1. The van der Waals surface area contributed by atoms with Crippen LogP contribution in [-0.2, 0) is 0 Å². The molecular formula is C14H18N4OS. The quantitative estimate of drug-likeness (QED) is 0.866. The summed E-state index contributed by atoms with van der Waals surface area (Å²) in [6.45, 7) is 4.69.